The van der Waals surface area contributed by atoms with Gasteiger partial charge in [-0.2, -0.15) is 0 Å². The summed E-state index contributed by atoms with van der Waals surface area (Å²) in [5, 5.41) is 7.95. The molecule has 2 N–H and O–H groups in total. The van der Waals surface area contributed by atoms with Crippen LogP contribution in [0.15, 0.2) is 36.2 Å². The molecule has 0 bridgehead atoms. The molecule has 2 aromatic heterocycles. The van der Waals surface area contributed by atoms with E-state index >= 15 is 0 Å². The molecule has 0 aliphatic heterocycles. The van der Waals surface area contributed by atoms with E-state index in [2.05, 4.69) is 32.0 Å². The van der Waals surface area contributed by atoms with E-state index in [4.69, 9.17) is 0 Å². The number of urea groups is 1. The Labute approximate surface area is 135 Å². The fourth-order valence-electron chi connectivity index (χ4n) is 2.24. The van der Waals surface area contributed by atoms with Crippen LogP contribution in [0.25, 0.3) is 0 Å². The minimum Gasteiger partial charge on any atom is -0.336 e. The van der Waals surface area contributed by atoms with Crippen LogP contribution in [0.5, 0.6) is 0 Å². The molecule has 2 atom stereocenters. The molecule has 0 saturated carbocycles. The highest BCUT2D eigenvalue weighted by atomic mass is 32.1. The molecule has 0 spiro atoms. The maximum atomic E-state index is 12.0. The minimum atomic E-state index is -0.143. The van der Waals surface area contributed by atoms with Gasteiger partial charge in [0.25, 0.3) is 0 Å². The molecular formula is C15H23N5OS. The highest BCUT2D eigenvalue weighted by molar-refractivity contribution is 7.10. The van der Waals surface area contributed by atoms with E-state index in [1.54, 1.807) is 23.9 Å². The molecule has 0 aliphatic carbocycles. The molecule has 0 aromatic carbocycles. The number of hydrogen-bond donors (Lipinski definition) is 2. The first-order chi connectivity index (χ1) is 10.6. The molecule has 2 heterocycles. The molecule has 6 nitrogen and oxygen atoms in total. The number of hydrogen-bond acceptors (Lipinski definition) is 4. The van der Waals surface area contributed by atoms with Crippen LogP contribution in [0, 0.1) is 0 Å². The number of likely N-dealkylation sites (N-methyl/N-ethyl adjacent to an activating group) is 1. The number of rotatable bonds is 7. The number of imidazole rings is 1. The van der Waals surface area contributed by atoms with Crippen molar-refractivity contribution in [3.05, 3.63) is 41.1 Å². The van der Waals surface area contributed by atoms with Crippen molar-refractivity contribution >= 4 is 17.4 Å². The Hall–Kier alpha value is -1.86. The quantitative estimate of drug-likeness (QED) is 0.819. The second-order valence-corrected chi connectivity index (χ2v) is 6.49. The molecule has 22 heavy (non-hydrogen) atoms. The predicted molar refractivity (Wildman–Crippen MR) is 89.0 cm³/mol. The Bertz CT molecular complexity index is 553. The number of aromatic nitrogens is 2. The predicted octanol–water partition coefficient (Wildman–Crippen LogP) is 1.94. The lowest BCUT2D eigenvalue weighted by Gasteiger charge is -2.24. The average molecular weight is 321 g/mol. The standard InChI is InChI=1S/C15H23N5OS/c1-12(10-20-7-6-16-11-20)18-15(21)17-9-13(19(2)3)14-5-4-8-22-14/h4-8,11-13H,9-10H2,1-3H3,(H2,17,18,21)/t12-,13+/m1/s1. The Kier molecular flexibility index (Phi) is 5.97. The number of nitrogens with zero attached hydrogens (tertiary/aromatic N) is 3. The highest BCUT2D eigenvalue weighted by Crippen LogP contribution is 2.22. The van der Waals surface area contributed by atoms with Gasteiger partial charge in [-0.1, -0.05) is 6.07 Å². The summed E-state index contributed by atoms with van der Waals surface area (Å²) < 4.78 is 1.94. The Morgan fingerprint density at radius 3 is 2.91 bits per heavy atom. The molecule has 0 fully saturated rings. The van der Waals surface area contributed by atoms with Gasteiger partial charge in [0.15, 0.2) is 0 Å². The van der Waals surface area contributed by atoms with Crippen LogP contribution in [0.1, 0.15) is 17.8 Å². The van der Waals surface area contributed by atoms with Gasteiger partial charge in [0, 0.05) is 36.4 Å². The van der Waals surface area contributed by atoms with E-state index in [-0.39, 0.29) is 18.1 Å². The summed E-state index contributed by atoms with van der Waals surface area (Å²) in [6.45, 7) is 3.26. The first kappa shape index (κ1) is 16.5. The molecule has 0 radical (unpaired) electrons. The lowest BCUT2D eigenvalue weighted by atomic mass is 10.2. The van der Waals surface area contributed by atoms with Gasteiger partial charge in [0.1, 0.15) is 0 Å². The first-order valence-corrected chi connectivity index (χ1v) is 8.14. The Morgan fingerprint density at radius 2 is 2.32 bits per heavy atom. The van der Waals surface area contributed by atoms with Crippen LogP contribution < -0.4 is 10.6 Å². The van der Waals surface area contributed by atoms with Crippen molar-refractivity contribution in [1.82, 2.24) is 25.1 Å². The van der Waals surface area contributed by atoms with Gasteiger partial charge in [-0.15, -0.1) is 11.3 Å². The number of amides is 2. The summed E-state index contributed by atoms with van der Waals surface area (Å²) in [6, 6.07) is 4.21. The molecule has 2 amide bonds. The SMILES string of the molecule is C[C@H](Cn1ccnc1)NC(=O)NC[C@@H](c1cccs1)N(C)C. The third-order valence-corrected chi connectivity index (χ3v) is 4.35. The van der Waals surface area contributed by atoms with Gasteiger partial charge < -0.3 is 20.1 Å². The fourth-order valence-corrected chi connectivity index (χ4v) is 3.16. The molecule has 7 heteroatoms. The van der Waals surface area contributed by atoms with Gasteiger partial charge in [0.2, 0.25) is 0 Å². The van der Waals surface area contributed by atoms with Crippen LogP contribution in [0.3, 0.4) is 0 Å². The zero-order valence-corrected chi connectivity index (χ0v) is 14.0. The van der Waals surface area contributed by atoms with Crippen LogP contribution in [0.2, 0.25) is 0 Å². The van der Waals surface area contributed by atoms with Gasteiger partial charge >= 0.3 is 6.03 Å². The van der Waals surface area contributed by atoms with Crippen LogP contribution in [-0.4, -0.2) is 47.2 Å². The van der Waals surface area contributed by atoms with Crippen molar-refractivity contribution in [2.45, 2.75) is 25.6 Å². The Morgan fingerprint density at radius 1 is 1.50 bits per heavy atom. The van der Waals surface area contributed by atoms with E-state index < -0.39 is 0 Å². The van der Waals surface area contributed by atoms with Crippen molar-refractivity contribution in [1.29, 1.82) is 0 Å². The maximum Gasteiger partial charge on any atom is 0.315 e. The second-order valence-electron chi connectivity index (χ2n) is 5.51. The van der Waals surface area contributed by atoms with Crippen LogP contribution in [-0.2, 0) is 6.54 Å². The van der Waals surface area contributed by atoms with Gasteiger partial charge in [-0.05, 0) is 32.5 Å². The van der Waals surface area contributed by atoms with E-state index in [1.165, 1.54) is 4.88 Å². The number of thiophene rings is 1. The topological polar surface area (TPSA) is 62.2 Å². The maximum absolute atomic E-state index is 12.0. The largest absolute Gasteiger partial charge is 0.336 e. The molecule has 2 rings (SSSR count). The lowest BCUT2D eigenvalue weighted by molar-refractivity contribution is 0.229. The normalized spacial score (nSPS) is 13.8. The number of nitrogens with one attached hydrogen (secondary N) is 2. The van der Waals surface area contributed by atoms with E-state index in [0.717, 1.165) is 0 Å². The summed E-state index contributed by atoms with van der Waals surface area (Å²) in [5.41, 5.74) is 0. The van der Waals surface area contributed by atoms with Crippen LogP contribution in [0.4, 0.5) is 4.79 Å². The average Bonchev–Trinajstić information content (AvgIpc) is 3.11. The zero-order chi connectivity index (χ0) is 15.9. The summed E-state index contributed by atoms with van der Waals surface area (Å²) >= 11 is 1.70. The zero-order valence-electron chi connectivity index (χ0n) is 13.2. The fraction of sp³-hybridized carbons (Fsp3) is 0.467. The first-order valence-electron chi connectivity index (χ1n) is 7.26. The van der Waals surface area contributed by atoms with Crippen molar-refractivity contribution < 1.29 is 4.79 Å². The third kappa shape index (κ3) is 4.85. The van der Waals surface area contributed by atoms with Crippen molar-refractivity contribution in [3.63, 3.8) is 0 Å². The molecule has 0 unspecified atom stereocenters. The third-order valence-electron chi connectivity index (χ3n) is 3.37. The van der Waals surface area contributed by atoms with Gasteiger partial charge in [-0.3, -0.25) is 0 Å². The number of carbonyl (C=O) groups is 1. The minimum absolute atomic E-state index is 0.0359. The molecular weight excluding hydrogens is 298 g/mol. The van der Waals surface area contributed by atoms with Crippen molar-refractivity contribution in [2.24, 2.45) is 0 Å². The van der Waals surface area contributed by atoms with Gasteiger partial charge in [-0.25, -0.2) is 9.78 Å². The van der Waals surface area contributed by atoms with Crippen molar-refractivity contribution in [3.8, 4) is 0 Å². The molecule has 120 valence electrons. The summed E-state index contributed by atoms with van der Waals surface area (Å²) in [4.78, 5) is 19.4. The van der Waals surface area contributed by atoms with E-state index in [9.17, 15) is 4.79 Å². The van der Waals surface area contributed by atoms with E-state index in [0.29, 0.717) is 13.1 Å². The summed E-state index contributed by atoms with van der Waals surface area (Å²) in [5.74, 6) is 0. The summed E-state index contributed by atoms with van der Waals surface area (Å²) in [6.07, 6.45) is 5.36. The molecule has 0 saturated heterocycles. The van der Waals surface area contributed by atoms with Crippen molar-refractivity contribution in [2.75, 3.05) is 20.6 Å². The van der Waals surface area contributed by atoms with Gasteiger partial charge in [0.05, 0.1) is 12.4 Å². The molecule has 2 aromatic rings. The second kappa shape index (κ2) is 7.95. The molecule has 0 aliphatic rings. The lowest BCUT2D eigenvalue weighted by Crippen LogP contribution is -2.44. The monoisotopic (exact) mass is 321 g/mol. The van der Waals surface area contributed by atoms with E-state index in [1.807, 2.05) is 37.8 Å². The Balaban J connectivity index is 1.78. The summed E-state index contributed by atoms with van der Waals surface area (Å²) in [7, 11) is 4.04. The van der Waals surface area contributed by atoms with Crippen LogP contribution >= 0.6 is 11.3 Å². The number of carbonyl (C=O) groups excluding carboxylic acids is 1. The highest BCUT2D eigenvalue weighted by Gasteiger charge is 2.16. The smallest absolute Gasteiger partial charge is 0.315 e.